The highest BCUT2D eigenvalue weighted by molar-refractivity contribution is 6.33. The number of piperazine rings is 1. The minimum atomic E-state index is -0.585. The van der Waals surface area contributed by atoms with E-state index in [4.69, 9.17) is 11.6 Å². The standard InChI is InChI=1S/C19H21ClFN5O/c20-14-4-3-5-15(21)18(14)19(27)26-12-10-25(11-13-26)17-7-6-16(22-23-17)24-8-1-2-9-24/h3-7H,1-2,8-13H2. The summed E-state index contributed by atoms with van der Waals surface area (Å²) in [6.45, 7) is 4.28. The fourth-order valence-corrected chi connectivity index (χ4v) is 3.84. The Morgan fingerprint density at radius 3 is 2.04 bits per heavy atom. The van der Waals surface area contributed by atoms with Crippen molar-refractivity contribution in [3.63, 3.8) is 0 Å². The molecule has 0 unspecified atom stereocenters. The second-order valence-electron chi connectivity index (χ2n) is 6.82. The SMILES string of the molecule is O=C(c1c(F)cccc1Cl)N1CCN(c2ccc(N3CCCC3)nn2)CC1. The molecule has 1 aromatic heterocycles. The van der Waals surface area contributed by atoms with Crippen LogP contribution in [0.4, 0.5) is 16.0 Å². The lowest BCUT2D eigenvalue weighted by Crippen LogP contribution is -2.49. The van der Waals surface area contributed by atoms with Crippen LogP contribution in [0, 0.1) is 5.82 Å². The van der Waals surface area contributed by atoms with Crippen molar-refractivity contribution >= 4 is 29.1 Å². The number of amides is 1. The summed E-state index contributed by atoms with van der Waals surface area (Å²) in [6.07, 6.45) is 2.40. The van der Waals surface area contributed by atoms with E-state index in [1.165, 1.54) is 31.0 Å². The first kappa shape index (κ1) is 18.0. The van der Waals surface area contributed by atoms with E-state index >= 15 is 0 Å². The summed E-state index contributed by atoms with van der Waals surface area (Å²) in [5.41, 5.74) is -0.0534. The zero-order valence-corrected chi connectivity index (χ0v) is 15.7. The molecule has 142 valence electrons. The van der Waals surface area contributed by atoms with Crippen molar-refractivity contribution in [1.29, 1.82) is 0 Å². The minimum absolute atomic E-state index is 0.0534. The molecule has 8 heteroatoms. The normalized spacial score (nSPS) is 17.5. The van der Waals surface area contributed by atoms with Crippen LogP contribution in [0.25, 0.3) is 0 Å². The molecular formula is C19H21ClFN5O. The van der Waals surface area contributed by atoms with Crippen LogP contribution in [-0.4, -0.2) is 60.3 Å². The maximum absolute atomic E-state index is 14.0. The molecule has 0 aliphatic carbocycles. The van der Waals surface area contributed by atoms with E-state index in [2.05, 4.69) is 20.0 Å². The maximum atomic E-state index is 14.0. The van der Waals surface area contributed by atoms with Crippen molar-refractivity contribution in [3.8, 4) is 0 Å². The third-order valence-corrected chi connectivity index (χ3v) is 5.45. The first-order valence-electron chi connectivity index (χ1n) is 9.20. The van der Waals surface area contributed by atoms with Crippen LogP contribution in [0.2, 0.25) is 5.02 Å². The number of benzene rings is 1. The van der Waals surface area contributed by atoms with E-state index < -0.39 is 5.82 Å². The van der Waals surface area contributed by atoms with Crippen molar-refractivity contribution in [2.45, 2.75) is 12.8 Å². The molecule has 2 fully saturated rings. The number of aromatic nitrogens is 2. The zero-order chi connectivity index (χ0) is 18.8. The summed E-state index contributed by atoms with van der Waals surface area (Å²) in [4.78, 5) is 18.6. The van der Waals surface area contributed by atoms with E-state index in [9.17, 15) is 9.18 Å². The Balaban J connectivity index is 1.39. The second-order valence-corrected chi connectivity index (χ2v) is 7.23. The minimum Gasteiger partial charge on any atom is -0.355 e. The number of nitrogens with zero attached hydrogens (tertiary/aromatic N) is 5. The molecule has 2 aliphatic rings. The van der Waals surface area contributed by atoms with Gasteiger partial charge in [0, 0.05) is 39.3 Å². The summed E-state index contributed by atoms with van der Waals surface area (Å²) in [5.74, 6) is 0.764. The summed E-state index contributed by atoms with van der Waals surface area (Å²) in [5, 5.41) is 8.84. The molecule has 0 radical (unpaired) electrons. The highest BCUT2D eigenvalue weighted by Gasteiger charge is 2.26. The van der Waals surface area contributed by atoms with E-state index in [1.807, 2.05) is 12.1 Å². The van der Waals surface area contributed by atoms with Crippen LogP contribution >= 0.6 is 11.6 Å². The average Bonchev–Trinajstić information content (AvgIpc) is 3.23. The Kier molecular flexibility index (Phi) is 5.11. The molecule has 27 heavy (non-hydrogen) atoms. The van der Waals surface area contributed by atoms with Gasteiger partial charge in [-0.3, -0.25) is 4.79 Å². The predicted octanol–water partition coefficient (Wildman–Crippen LogP) is 2.83. The maximum Gasteiger partial charge on any atom is 0.258 e. The van der Waals surface area contributed by atoms with Crippen LogP contribution in [-0.2, 0) is 0 Å². The Bertz CT molecular complexity index is 797. The molecular weight excluding hydrogens is 369 g/mol. The van der Waals surface area contributed by atoms with Gasteiger partial charge in [0.1, 0.15) is 5.82 Å². The number of carbonyl (C=O) groups excluding carboxylic acids is 1. The van der Waals surface area contributed by atoms with Gasteiger partial charge in [0.2, 0.25) is 0 Å². The highest BCUT2D eigenvalue weighted by atomic mass is 35.5. The Morgan fingerprint density at radius 2 is 1.48 bits per heavy atom. The number of hydrogen-bond donors (Lipinski definition) is 0. The van der Waals surface area contributed by atoms with Crippen LogP contribution < -0.4 is 9.80 Å². The molecule has 0 spiro atoms. The van der Waals surface area contributed by atoms with Crippen LogP contribution in [0.5, 0.6) is 0 Å². The molecule has 4 rings (SSSR count). The van der Waals surface area contributed by atoms with Crippen LogP contribution in [0.15, 0.2) is 30.3 Å². The molecule has 0 bridgehead atoms. The molecule has 2 aromatic rings. The Hall–Kier alpha value is -2.41. The average molecular weight is 390 g/mol. The van der Waals surface area contributed by atoms with Gasteiger partial charge in [-0.2, -0.15) is 0 Å². The second kappa shape index (κ2) is 7.68. The largest absolute Gasteiger partial charge is 0.355 e. The van der Waals surface area contributed by atoms with Crippen molar-refractivity contribution in [2.75, 3.05) is 49.1 Å². The summed E-state index contributed by atoms with van der Waals surface area (Å²) >= 11 is 6.02. The lowest BCUT2D eigenvalue weighted by Gasteiger charge is -2.35. The van der Waals surface area contributed by atoms with Crippen LogP contribution in [0.3, 0.4) is 0 Å². The Labute approximate surface area is 162 Å². The number of anilines is 2. The zero-order valence-electron chi connectivity index (χ0n) is 14.9. The predicted molar refractivity (Wildman–Crippen MR) is 103 cm³/mol. The van der Waals surface area contributed by atoms with Gasteiger partial charge in [-0.05, 0) is 37.1 Å². The molecule has 0 saturated carbocycles. The van der Waals surface area contributed by atoms with Gasteiger partial charge in [-0.1, -0.05) is 17.7 Å². The van der Waals surface area contributed by atoms with E-state index in [1.54, 1.807) is 4.90 Å². The molecule has 3 heterocycles. The van der Waals surface area contributed by atoms with E-state index in [0.29, 0.717) is 26.2 Å². The fraction of sp³-hybridized carbons (Fsp3) is 0.421. The number of hydrogen-bond acceptors (Lipinski definition) is 5. The van der Waals surface area contributed by atoms with Gasteiger partial charge in [-0.25, -0.2) is 4.39 Å². The summed E-state index contributed by atoms with van der Waals surface area (Å²) in [6, 6.07) is 8.27. The van der Waals surface area contributed by atoms with Gasteiger partial charge in [0.15, 0.2) is 11.6 Å². The summed E-state index contributed by atoms with van der Waals surface area (Å²) in [7, 11) is 0. The van der Waals surface area contributed by atoms with Crippen molar-refractivity contribution < 1.29 is 9.18 Å². The van der Waals surface area contributed by atoms with Gasteiger partial charge in [0.05, 0.1) is 10.6 Å². The fourth-order valence-electron chi connectivity index (χ4n) is 3.60. The molecule has 2 aliphatic heterocycles. The first-order valence-corrected chi connectivity index (χ1v) is 9.58. The van der Waals surface area contributed by atoms with Gasteiger partial charge in [0.25, 0.3) is 5.91 Å². The third-order valence-electron chi connectivity index (χ3n) is 5.13. The number of rotatable bonds is 3. The molecule has 6 nitrogen and oxygen atoms in total. The van der Waals surface area contributed by atoms with Crippen molar-refractivity contribution in [1.82, 2.24) is 15.1 Å². The molecule has 1 aromatic carbocycles. The number of carbonyl (C=O) groups is 1. The van der Waals surface area contributed by atoms with Gasteiger partial charge < -0.3 is 14.7 Å². The molecule has 0 N–H and O–H groups in total. The van der Waals surface area contributed by atoms with Crippen molar-refractivity contribution in [3.05, 3.63) is 46.7 Å². The van der Waals surface area contributed by atoms with E-state index in [0.717, 1.165) is 24.7 Å². The molecule has 2 saturated heterocycles. The topological polar surface area (TPSA) is 52.6 Å². The number of halogens is 2. The van der Waals surface area contributed by atoms with E-state index in [-0.39, 0.29) is 16.5 Å². The quantitative estimate of drug-likeness (QED) is 0.808. The lowest BCUT2D eigenvalue weighted by atomic mass is 10.1. The summed E-state index contributed by atoms with van der Waals surface area (Å²) < 4.78 is 14.0. The van der Waals surface area contributed by atoms with Crippen molar-refractivity contribution in [2.24, 2.45) is 0 Å². The smallest absolute Gasteiger partial charge is 0.258 e. The third kappa shape index (κ3) is 3.69. The van der Waals surface area contributed by atoms with Crippen LogP contribution in [0.1, 0.15) is 23.2 Å². The van der Waals surface area contributed by atoms with Gasteiger partial charge in [-0.15, -0.1) is 10.2 Å². The van der Waals surface area contributed by atoms with Gasteiger partial charge >= 0.3 is 0 Å². The molecule has 0 atom stereocenters. The Morgan fingerprint density at radius 1 is 0.889 bits per heavy atom. The lowest BCUT2D eigenvalue weighted by molar-refractivity contribution is 0.0742. The first-order chi connectivity index (χ1) is 13.1. The molecule has 1 amide bonds. The highest BCUT2D eigenvalue weighted by Crippen LogP contribution is 2.23. The monoisotopic (exact) mass is 389 g/mol.